The lowest BCUT2D eigenvalue weighted by atomic mass is 9.90. The number of hydrogen-bond acceptors (Lipinski definition) is 5. The van der Waals surface area contributed by atoms with Crippen molar-refractivity contribution in [1.82, 2.24) is 5.32 Å². The summed E-state index contributed by atoms with van der Waals surface area (Å²) in [6.07, 6.45) is 0. The van der Waals surface area contributed by atoms with Gasteiger partial charge in [0.1, 0.15) is 5.54 Å². The number of nitro benzene ring substituents is 1. The van der Waals surface area contributed by atoms with Gasteiger partial charge in [0.2, 0.25) is 0 Å². The third kappa shape index (κ3) is 3.08. The lowest BCUT2D eigenvalue weighted by Gasteiger charge is -2.28. The molecule has 1 rings (SSSR count). The number of carbonyl (C=O) groups is 1. The minimum absolute atomic E-state index is 0.0981. The molecule has 0 heterocycles. The number of carbonyl (C=O) groups excluding carboxylic acids is 1. The third-order valence-corrected chi connectivity index (χ3v) is 2.85. The van der Waals surface area contributed by atoms with E-state index in [1.807, 2.05) is 6.92 Å². The molecule has 0 saturated heterocycles. The standard InChI is InChI=1S/C13H18N2O4/c1-4-14-13(3,12(16)19-5-2)10-8-6-7-9-11(10)15(17)18/h6-9,14H,4-5H2,1-3H3. The van der Waals surface area contributed by atoms with Crippen LogP contribution in [0.1, 0.15) is 26.3 Å². The summed E-state index contributed by atoms with van der Waals surface area (Å²) >= 11 is 0. The first-order valence-electron chi connectivity index (χ1n) is 6.13. The Hall–Kier alpha value is -1.95. The number of rotatable bonds is 6. The van der Waals surface area contributed by atoms with Gasteiger partial charge in [-0.05, 0) is 26.5 Å². The van der Waals surface area contributed by atoms with Crippen LogP contribution >= 0.6 is 0 Å². The van der Waals surface area contributed by atoms with Gasteiger partial charge in [-0.25, -0.2) is 4.79 Å². The van der Waals surface area contributed by atoms with Gasteiger partial charge in [0.15, 0.2) is 0 Å². The molecule has 1 N–H and O–H groups in total. The largest absolute Gasteiger partial charge is 0.464 e. The van der Waals surface area contributed by atoms with Crippen molar-refractivity contribution in [2.45, 2.75) is 26.3 Å². The van der Waals surface area contributed by atoms with Gasteiger partial charge in [-0.2, -0.15) is 0 Å². The minimum Gasteiger partial charge on any atom is -0.464 e. The van der Waals surface area contributed by atoms with Crippen LogP contribution in [0.15, 0.2) is 24.3 Å². The fourth-order valence-electron chi connectivity index (χ4n) is 1.96. The number of likely N-dealkylation sites (N-methyl/N-ethyl adjacent to an activating group) is 1. The number of ether oxygens (including phenoxy) is 1. The van der Waals surface area contributed by atoms with Crippen LogP contribution in [0.25, 0.3) is 0 Å². The fraction of sp³-hybridized carbons (Fsp3) is 0.462. The summed E-state index contributed by atoms with van der Waals surface area (Å²) in [5.41, 5.74) is -1.02. The molecule has 0 aliphatic carbocycles. The van der Waals surface area contributed by atoms with Crippen LogP contribution in [-0.4, -0.2) is 24.0 Å². The van der Waals surface area contributed by atoms with Gasteiger partial charge < -0.3 is 4.74 Å². The van der Waals surface area contributed by atoms with Gasteiger partial charge >= 0.3 is 5.97 Å². The lowest BCUT2D eigenvalue weighted by Crippen LogP contribution is -2.48. The van der Waals surface area contributed by atoms with Crippen LogP contribution in [0.3, 0.4) is 0 Å². The minimum atomic E-state index is -1.23. The second-order valence-corrected chi connectivity index (χ2v) is 4.15. The molecule has 0 radical (unpaired) electrons. The molecule has 1 aromatic rings. The van der Waals surface area contributed by atoms with Crippen LogP contribution < -0.4 is 5.32 Å². The molecule has 0 spiro atoms. The Morgan fingerprint density at radius 2 is 2.05 bits per heavy atom. The maximum Gasteiger partial charge on any atom is 0.330 e. The number of nitro groups is 1. The van der Waals surface area contributed by atoms with E-state index in [-0.39, 0.29) is 12.3 Å². The smallest absolute Gasteiger partial charge is 0.330 e. The van der Waals surface area contributed by atoms with Crippen molar-refractivity contribution >= 4 is 11.7 Å². The number of nitrogens with one attached hydrogen (secondary N) is 1. The first-order valence-corrected chi connectivity index (χ1v) is 6.13. The van der Waals surface area contributed by atoms with Crippen molar-refractivity contribution in [3.63, 3.8) is 0 Å². The van der Waals surface area contributed by atoms with Crippen molar-refractivity contribution in [1.29, 1.82) is 0 Å². The summed E-state index contributed by atoms with van der Waals surface area (Å²) in [6.45, 7) is 5.83. The van der Waals surface area contributed by atoms with E-state index >= 15 is 0 Å². The molecular formula is C13H18N2O4. The Morgan fingerprint density at radius 3 is 2.58 bits per heavy atom. The SMILES string of the molecule is CCNC(C)(C(=O)OCC)c1ccccc1[N+](=O)[O-]. The van der Waals surface area contributed by atoms with Crippen molar-refractivity contribution < 1.29 is 14.5 Å². The van der Waals surface area contributed by atoms with Gasteiger partial charge in [0.25, 0.3) is 5.69 Å². The molecule has 0 aliphatic rings. The van der Waals surface area contributed by atoms with E-state index in [9.17, 15) is 14.9 Å². The first-order chi connectivity index (χ1) is 8.97. The van der Waals surface area contributed by atoms with E-state index in [0.717, 1.165) is 0 Å². The molecule has 0 aromatic heterocycles. The topological polar surface area (TPSA) is 81.5 Å². The molecule has 6 heteroatoms. The summed E-state index contributed by atoms with van der Waals surface area (Å²) in [5, 5.41) is 14.1. The maximum atomic E-state index is 12.1. The van der Waals surface area contributed by atoms with Gasteiger partial charge in [-0.15, -0.1) is 0 Å². The van der Waals surface area contributed by atoms with Gasteiger partial charge in [-0.3, -0.25) is 15.4 Å². The Balaban J connectivity index is 3.33. The van der Waals surface area contributed by atoms with Crippen molar-refractivity contribution in [3.05, 3.63) is 39.9 Å². The Labute approximate surface area is 111 Å². The molecule has 0 aliphatic heterocycles. The van der Waals surface area contributed by atoms with Crippen molar-refractivity contribution in [2.24, 2.45) is 0 Å². The molecular weight excluding hydrogens is 248 g/mol. The molecule has 19 heavy (non-hydrogen) atoms. The molecule has 1 unspecified atom stereocenters. The van der Waals surface area contributed by atoms with Gasteiger partial charge in [-0.1, -0.05) is 19.1 Å². The summed E-state index contributed by atoms with van der Waals surface area (Å²) in [7, 11) is 0. The lowest BCUT2D eigenvalue weighted by molar-refractivity contribution is -0.386. The maximum absolute atomic E-state index is 12.1. The van der Waals surface area contributed by atoms with Gasteiger partial charge in [0, 0.05) is 6.07 Å². The monoisotopic (exact) mass is 266 g/mol. The average Bonchev–Trinajstić information content (AvgIpc) is 2.39. The predicted octanol–water partition coefficient (Wildman–Crippen LogP) is 1.98. The van der Waals surface area contributed by atoms with Crippen molar-refractivity contribution in [2.75, 3.05) is 13.2 Å². The number of hydrogen-bond donors (Lipinski definition) is 1. The second-order valence-electron chi connectivity index (χ2n) is 4.15. The van der Waals surface area contributed by atoms with Gasteiger partial charge in [0.05, 0.1) is 17.1 Å². The zero-order chi connectivity index (χ0) is 14.5. The van der Waals surface area contributed by atoms with Crippen LogP contribution in [0, 0.1) is 10.1 Å². The number of esters is 1. The molecule has 104 valence electrons. The highest BCUT2D eigenvalue weighted by molar-refractivity contribution is 5.83. The second kappa shape index (κ2) is 6.29. The molecule has 0 amide bonds. The van der Waals surface area contributed by atoms with Crippen LogP contribution in [-0.2, 0) is 15.1 Å². The number of para-hydroxylation sites is 1. The summed E-state index contributed by atoms with van der Waals surface area (Å²) < 4.78 is 5.02. The highest BCUT2D eigenvalue weighted by Crippen LogP contribution is 2.30. The zero-order valence-corrected chi connectivity index (χ0v) is 11.3. The Kier molecular flexibility index (Phi) is 5.00. The highest BCUT2D eigenvalue weighted by Gasteiger charge is 2.40. The van der Waals surface area contributed by atoms with Crippen LogP contribution in [0.5, 0.6) is 0 Å². The van der Waals surface area contributed by atoms with E-state index in [2.05, 4.69) is 5.32 Å². The van der Waals surface area contributed by atoms with Crippen molar-refractivity contribution in [3.8, 4) is 0 Å². The predicted molar refractivity (Wildman–Crippen MR) is 70.8 cm³/mol. The molecule has 0 saturated carbocycles. The summed E-state index contributed by atoms with van der Waals surface area (Å²) in [5.74, 6) is -0.522. The number of benzene rings is 1. The quantitative estimate of drug-likeness (QED) is 0.483. The van der Waals surface area contributed by atoms with E-state index in [1.54, 1.807) is 32.0 Å². The molecule has 1 atom stereocenters. The number of nitrogens with zero attached hydrogens (tertiary/aromatic N) is 1. The summed E-state index contributed by atoms with van der Waals surface area (Å²) in [6, 6.07) is 6.18. The summed E-state index contributed by atoms with van der Waals surface area (Å²) in [4.78, 5) is 22.7. The fourth-order valence-corrected chi connectivity index (χ4v) is 1.96. The molecule has 6 nitrogen and oxygen atoms in total. The molecule has 0 bridgehead atoms. The van der Waals surface area contributed by atoms with Crippen LogP contribution in [0.4, 0.5) is 5.69 Å². The van der Waals surface area contributed by atoms with Crippen LogP contribution in [0.2, 0.25) is 0 Å². The molecule has 1 aromatic carbocycles. The normalized spacial score (nSPS) is 13.6. The Bertz CT molecular complexity index is 475. The van der Waals surface area contributed by atoms with E-state index in [1.165, 1.54) is 6.07 Å². The first kappa shape index (κ1) is 15.1. The van der Waals surface area contributed by atoms with E-state index in [0.29, 0.717) is 12.1 Å². The van der Waals surface area contributed by atoms with E-state index in [4.69, 9.17) is 4.74 Å². The average molecular weight is 266 g/mol. The molecule has 0 fully saturated rings. The van der Waals surface area contributed by atoms with E-state index < -0.39 is 16.4 Å². The third-order valence-electron chi connectivity index (χ3n) is 2.85. The highest BCUT2D eigenvalue weighted by atomic mass is 16.6. The Morgan fingerprint density at radius 1 is 1.42 bits per heavy atom. The zero-order valence-electron chi connectivity index (χ0n) is 11.3.